The Bertz CT molecular complexity index is 360. The molecule has 0 spiro atoms. The van der Waals surface area contributed by atoms with E-state index in [9.17, 15) is 0 Å². The lowest BCUT2D eigenvalue weighted by molar-refractivity contribution is 0.365. The standard InChI is InChI=1S/C14H20O3/c1-6-7-10(2)14-12(16-4)8-11(15-3)9-13(14)17-5/h6,8-10H,1,7H2,2-5H3. The van der Waals surface area contributed by atoms with Gasteiger partial charge in [-0.3, -0.25) is 0 Å². The van der Waals surface area contributed by atoms with Crippen LogP contribution < -0.4 is 14.2 Å². The average molecular weight is 236 g/mol. The van der Waals surface area contributed by atoms with Crippen LogP contribution in [-0.2, 0) is 0 Å². The molecule has 1 rings (SSSR count). The van der Waals surface area contributed by atoms with Crippen molar-refractivity contribution in [2.24, 2.45) is 0 Å². The van der Waals surface area contributed by atoms with Gasteiger partial charge >= 0.3 is 0 Å². The molecule has 0 aliphatic heterocycles. The summed E-state index contributed by atoms with van der Waals surface area (Å²) < 4.78 is 16.0. The lowest BCUT2D eigenvalue weighted by Crippen LogP contribution is -2.01. The molecule has 0 saturated carbocycles. The SMILES string of the molecule is C=CCC(C)c1c(OC)cc(OC)cc1OC. The smallest absolute Gasteiger partial charge is 0.129 e. The predicted octanol–water partition coefficient (Wildman–Crippen LogP) is 3.39. The van der Waals surface area contributed by atoms with Crippen LogP contribution in [0.3, 0.4) is 0 Å². The Morgan fingerprint density at radius 3 is 2.00 bits per heavy atom. The van der Waals surface area contributed by atoms with Gasteiger partial charge in [-0.1, -0.05) is 13.0 Å². The molecule has 1 unspecified atom stereocenters. The summed E-state index contributed by atoms with van der Waals surface area (Å²) >= 11 is 0. The van der Waals surface area contributed by atoms with Gasteiger partial charge in [-0.05, 0) is 12.3 Å². The maximum Gasteiger partial charge on any atom is 0.129 e. The van der Waals surface area contributed by atoms with Crippen LogP contribution in [0.15, 0.2) is 24.8 Å². The molecule has 0 bridgehead atoms. The Morgan fingerprint density at radius 1 is 1.12 bits per heavy atom. The molecular formula is C14H20O3. The van der Waals surface area contributed by atoms with Crippen molar-refractivity contribution in [2.75, 3.05) is 21.3 Å². The molecule has 1 atom stereocenters. The minimum atomic E-state index is 0.295. The van der Waals surface area contributed by atoms with E-state index in [1.54, 1.807) is 21.3 Å². The second kappa shape index (κ2) is 6.18. The monoisotopic (exact) mass is 236 g/mol. The van der Waals surface area contributed by atoms with Crippen LogP contribution in [-0.4, -0.2) is 21.3 Å². The number of allylic oxidation sites excluding steroid dienone is 1. The molecule has 0 fully saturated rings. The molecule has 0 aromatic heterocycles. The first-order chi connectivity index (χ1) is 8.17. The highest BCUT2D eigenvalue weighted by molar-refractivity contribution is 5.52. The van der Waals surface area contributed by atoms with Crippen molar-refractivity contribution in [1.29, 1.82) is 0 Å². The quantitative estimate of drug-likeness (QED) is 0.708. The van der Waals surface area contributed by atoms with Gasteiger partial charge in [0.05, 0.1) is 21.3 Å². The largest absolute Gasteiger partial charge is 0.496 e. The molecule has 1 aromatic carbocycles. The summed E-state index contributed by atoms with van der Waals surface area (Å²) in [6.45, 7) is 5.88. The van der Waals surface area contributed by atoms with E-state index in [2.05, 4.69) is 13.5 Å². The third kappa shape index (κ3) is 2.93. The maximum absolute atomic E-state index is 5.40. The fourth-order valence-corrected chi connectivity index (χ4v) is 1.89. The van der Waals surface area contributed by atoms with E-state index in [1.165, 1.54) is 0 Å². The van der Waals surface area contributed by atoms with E-state index in [-0.39, 0.29) is 0 Å². The first-order valence-corrected chi connectivity index (χ1v) is 5.58. The molecule has 0 radical (unpaired) electrons. The number of methoxy groups -OCH3 is 3. The predicted molar refractivity (Wildman–Crippen MR) is 69.3 cm³/mol. The number of hydrogen-bond acceptors (Lipinski definition) is 3. The molecule has 3 nitrogen and oxygen atoms in total. The van der Waals surface area contributed by atoms with Crippen LogP contribution >= 0.6 is 0 Å². The summed E-state index contributed by atoms with van der Waals surface area (Å²) in [4.78, 5) is 0. The van der Waals surface area contributed by atoms with E-state index in [0.29, 0.717) is 5.92 Å². The molecule has 0 saturated heterocycles. The lowest BCUT2D eigenvalue weighted by atomic mass is 9.95. The van der Waals surface area contributed by atoms with Crippen molar-refractivity contribution in [3.05, 3.63) is 30.4 Å². The highest BCUT2D eigenvalue weighted by atomic mass is 16.5. The second-order valence-electron chi connectivity index (χ2n) is 3.87. The van der Waals surface area contributed by atoms with Crippen molar-refractivity contribution in [3.63, 3.8) is 0 Å². The van der Waals surface area contributed by atoms with E-state index < -0.39 is 0 Å². The Balaban J connectivity index is 3.28. The van der Waals surface area contributed by atoms with Crippen LogP contribution in [0.1, 0.15) is 24.8 Å². The number of ether oxygens (including phenoxy) is 3. The van der Waals surface area contributed by atoms with Crippen LogP contribution in [0.25, 0.3) is 0 Å². The summed E-state index contributed by atoms with van der Waals surface area (Å²) in [5.41, 5.74) is 1.05. The summed E-state index contributed by atoms with van der Waals surface area (Å²) in [5.74, 6) is 2.60. The van der Waals surface area contributed by atoms with Crippen LogP contribution in [0.2, 0.25) is 0 Å². The van der Waals surface area contributed by atoms with E-state index in [0.717, 1.165) is 29.2 Å². The van der Waals surface area contributed by atoms with Gasteiger partial charge < -0.3 is 14.2 Å². The molecule has 0 heterocycles. The van der Waals surface area contributed by atoms with E-state index >= 15 is 0 Å². The maximum atomic E-state index is 5.40. The molecule has 94 valence electrons. The third-order valence-corrected chi connectivity index (χ3v) is 2.77. The van der Waals surface area contributed by atoms with Gasteiger partial charge in [0, 0.05) is 17.7 Å². The molecular weight excluding hydrogens is 216 g/mol. The van der Waals surface area contributed by atoms with Gasteiger partial charge in [-0.25, -0.2) is 0 Å². The summed E-state index contributed by atoms with van der Waals surface area (Å²) in [6, 6.07) is 3.74. The lowest BCUT2D eigenvalue weighted by Gasteiger charge is -2.19. The molecule has 0 aliphatic carbocycles. The minimum Gasteiger partial charge on any atom is -0.496 e. The highest BCUT2D eigenvalue weighted by Gasteiger charge is 2.18. The molecule has 0 aliphatic rings. The number of rotatable bonds is 6. The van der Waals surface area contributed by atoms with Crippen LogP contribution in [0.4, 0.5) is 0 Å². The fourth-order valence-electron chi connectivity index (χ4n) is 1.89. The third-order valence-electron chi connectivity index (χ3n) is 2.77. The zero-order chi connectivity index (χ0) is 12.8. The van der Waals surface area contributed by atoms with Crippen LogP contribution in [0, 0.1) is 0 Å². The van der Waals surface area contributed by atoms with E-state index in [4.69, 9.17) is 14.2 Å². The Kier molecular flexibility index (Phi) is 4.88. The van der Waals surface area contributed by atoms with E-state index in [1.807, 2.05) is 18.2 Å². The molecule has 0 amide bonds. The highest BCUT2D eigenvalue weighted by Crippen LogP contribution is 2.40. The van der Waals surface area contributed by atoms with Crippen molar-refractivity contribution in [2.45, 2.75) is 19.3 Å². The normalized spacial score (nSPS) is 11.8. The molecule has 17 heavy (non-hydrogen) atoms. The van der Waals surface area contributed by atoms with Gasteiger partial charge in [0.25, 0.3) is 0 Å². The second-order valence-corrected chi connectivity index (χ2v) is 3.87. The summed E-state index contributed by atoms with van der Waals surface area (Å²) in [6.07, 6.45) is 2.77. The number of benzene rings is 1. The van der Waals surface area contributed by atoms with Gasteiger partial charge in [0.15, 0.2) is 0 Å². The minimum absolute atomic E-state index is 0.295. The van der Waals surface area contributed by atoms with Crippen LogP contribution in [0.5, 0.6) is 17.2 Å². The van der Waals surface area contributed by atoms with Crippen molar-refractivity contribution in [1.82, 2.24) is 0 Å². The Hall–Kier alpha value is -1.64. The van der Waals surface area contributed by atoms with Crippen molar-refractivity contribution < 1.29 is 14.2 Å². The zero-order valence-electron chi connectivity index (χ0n) is 10.9. The summed E-state index contributed by atoms with van der Waals surface area (Å²) in [5, 5.41) is 0. The van der Waals surface area contributed by atoms with Gasteiger partial charge in [0.1, 0.15) is 17.2 Å². The molecule has 3 heteroatoms. The molecule has 0 N–H and O–H groups in total. The Morgan fingerprint density at radius 2 is 1.65 bits per heavy atom. The van der Waals surface area contributed by atoms with Crippen molar-refractivity contribution in [3.8, 4) is 17.2 Å². The molecule has 1 aromatic rings. The Labute approximate surface area is 103 Å². The first kappa shape index (κ1) is 13.4. The first-order valence-electron chi connectivity index (χ1n) is 5.58. The fraction of sp³-hybridized carbons (Fsp3) is 0.429. The van der Waals surface area contributed by atoms with Gasteiger partial charge in [-0.15, -0.1) is 6.58 Å². The summed E-state index contributed by atoms with van der Waals surface area (Å²) in [7, 11) is 4.93. The topological polar surface area (TPSA) is 27.7 Å². The average Bonchev–Trinajstić information content (AvgIpc) is 2.37. The van der Waals surface area contributed by atoms with Gasteiger partial charge in [0.2, 0.25) is 0 Å². The zero-order valence-corrected chi connectivity index (χ0v) is 10.9. The van der Waals surface area contributed by atoms with Gasteiger partial charge in [-0.2, -0.15) is 0 Å². The van der Waals surface area contributed by atoms with Crippen molar-refractivity contribution >= 4 is 0 Å². The number of hydrogen-bond donors (Lipinski definition) is 0.